The van der Waals surface area contributed by atoms with Crippen LogP contribution in [0.1, 0.15) is 15.9 Å². The Hall–Kier alpha value is -3.12. The SMILES string of the molecule is COC(=O)C(Cc1ccc(-c2ccccc2)cc1)NC(=O)c1cc(Br)ccc1O. The summed E-state index contributed by atoms with van der Waals surface area (Å²) < 4.78 is 5.49. The number of phenolic OH excluding ortho intramolecular Hbond substituents is 1. The van der Waals surface area contributed by atoms with Crippen molar-refractivity contribution in [3.63, 3.8) is 0 Å². The molecule has 3 rings (SSSR count). The van der Waals surface area contributed by atoms with Crippen LogP contribution in [0.4, 0.5) is 0 Å². The monoisotopic (exact) mass is 453 g/mol. The van der Waals surface area contributed by atoms with Crippen molar-refractivity contribution >= 4 is 27.8 Å². The van der Waals surface area contributed by atoms with Crippen molar-refractivity contribution in [1.82, 2.24) is 5.32 Å². The number of carbonyl (C=O) groups excluding carboxylic acids is 2. The van der Waals surface area contributed by atoms with E-state index >= 15 is 0 Å². The molecule has 0 radical (unpaired) electrons. The summed E-state index contributed by atoms with van der Waals surface area (Å²) >= 11 is 3.27. The Morgan fingerprint density at radius 1 is 1.00 bits per heavy atom. The molecule has 0 fully saturated rings. The van der Waals surface area contributed by atoms with E-state index in [2.05, 4.69) is 21.2 Å². The van der Waals surface area contributed by atoms with Gasteiger partial charge < -0.3 is 15.2 Å². The highest BCUT2D eigenvalue weighted by Gasteiger charge is 2.24. The van der Waals surface area contributed by atoms with Crippen molar-refractivity contribution in [3.8, 4) is 16.9 Å². The zero-order chi connectivity index (χ0) is 20.8. The lowest BCUT2D eigenvalue weighted by atomic mass is 10.0. The average Bonchev–Trinajstić information content (AvgIpc) is 2.75. The number of ether oxygens (including phenoxy) is 1. The van der Waals surface area contributed by atoms with Gasteiger partial charge in [-0.1, -0.05) is 70.5 Å². The number of rotatable bonds is 6. The molecule has 0 aliphatic rings. The van der Waals surface area contributed by atoms with E-state index in [0.717, 1.165) is 16.7 Å². The fourth-order valence-corrected chi connectivity index (χ4v) is 3.32. The first-order chi connectivity index (χ1) is 14.0. The van der Waals surface area contributed by atoms with Gasteiger partial charge in [0.2, 0.25) is 0 Å². The zero-order valence-electron chi connectivity index (χ0n) is 15.8. The van der Waals surface area contributed by atoms with Crippen molar-refractivity contribution in [2.45, 2.75) is 12.5 Å². The molecule has 5 nitrogen and oxygen atoms in total. The second kappa shape index (κ2) is 9.39. The summed E-state index contributed by atoms with van der Waals surface area (Å²) in [6.45, 7) is 0. The van der Waals surface area contributed by atoms with Gasteiger partial charge in [0.05, 0.1) is 12.7 Å². The minimum Gasteiger partial charge on any atom is -0.507 e. The topological polar surface area (TPSA) is 75.6 Å². The molecule has 0 saturated carbocycles. The van der Waals surface area contributed by atoms with Gasteiger partial charge in [0.1, 0.15) is 11.8 Å². The summed E-state index contributed by atoms with van der Waals surface area (Å²) in [6.07, 6.45) is 0.266. The number of esters is 1. The standard InChI is InChI=1S/C23H20BrNO4/c1-29-23(28)20(25-22(27)19-14-18(24)11-12-21(19)26)13-15-7-9-17(10-8-15)16-5-3-2-4-6-16/h2-12,14,20,26H,13H2,1H3,(H,25,27). The van der Waals surface area contributed by atoms with Gasteiger partial charge in [0.15, 0.2) is 0 Å². The van der Waals surface area contributed by atoms with Crippen molar-refractivity contribution < 1.29 is 19.4 Å². The summed E-state index contributed by atoms with van der Waals surface area (Å²) in [5, 5.41) is 12.6. The van der Waals surface area contributed by atoms with Gasteiger partial charge in [0, 0.05) is 10.9 Å². The molecule has 1 atom stereocenters. The molecule has 3 aromatic rings. The van der Waals surface area contributed by atoms with Crippen molar-refractivity contribution in [1.29, 1.82) is 0 Å². The normalized spacial score (nSPS) is 11.5. The summed E-state index contributed by atoms with van der Waals surface area (Å²) in [5.41, 5.74) is 3.11. The zero-order valence-corrected chi connectivity index (χ0v) is 17.3. The Bertz CT molecular complexity index is 1000. The van der Waals surface area contributed by atoms with Crippen molar-refractivity contribution in [2.75, 3.05) is 7.11 Å². The van der Waals surface area contributed by atoms with Gasteiger partial charge >= 0.3 is 5.97 Å². The Labute approximate surface area is 177 Å². The predicted octanol–water partition coefficient (Wildman–Crippen LogP) is 4.34. The highest BCUT2D eigenvalue weighted by molar-refractivity contribution is 9.10. The Morgan fingerprint density at radius 3 is 2.31 bits per heavy atom. The predicted molar refractivity (Wildman–Crippen MR) is 115 cm³/mol. The lowest BCUT2D eigenvalue weighted by Crippen LogP contribution is -2.43. The van der Waals surface area contributed by atoms with E-state index in [0.29, 0.717) is 4.47 Å². The first kappa shape index (κ1) is 20.6. The van der Waals surface area contributed by atoms with Crippen LogP contribution in [0.25, 0.3) is 11.1 Å². The quantitative estimate of drug-likeness (QED) is 0.544. The van der Waals surface area contributed by atoms with E-state index in [4.69, 9.17) is 4.74 Å². The van der Waals surface area contributed by atoms with E-state index in [-0.39, 0.29) is 17.7 Å². The van der Waals surface area contributed by atoms with Gasteiger partial charge in [-0.05, 0) is 34.9 Å². The van der Waals surface area contributed by atoms with Crippen LogP contribution in [-0.4, -0.2) is 30.1 Å². The van der Waals surface area contributed by atoms with E-state index in [9.17, 15) is 14.7 Å². The van der Waals surface area contributed by atoms with E-state index in [1.54, 1.807) is 6.07 Å². The summed E-state index contributed by atoms with van der Waals surface area (Å²) in [4.78, 5) is 24.8. The smallest absolute Gasteiger partial charge is 0.328 e. The Kier molecular flexibility index (Phi) is 6.67. The maximum Gasteiger partial charge on any atom is 0.328 e. The van der Waals surface area contributed by atoms with Crippen molar-refractivity contribution in [2.24, 2.45) is 0 Å². The molecule has 0 aliphatic carbocycles. The van der Waals surface area contributed by atoms with Crippen LogP contribution in [-0.2, 0) is 16.0 Å². The number of halogens is 1. The highest BCUT2D eigenvalue weighted by atomic mass is 79.9. The fraction of sp³-hybridized carbons (Fsp3) is 0.130. The third-order valence-corrected chi connectivity index (χ3v) is 4.99. The average molecular weight is 454 g/mol. The lowest BCUT2D eigenvalue weighted by Gasteiger charge is -2.17. The number of nitrogens with one attached hydrogen (secondary N) is 1. The molecular formula is C23H20BrNO4. The minimum absolute atomic E-state index is 0.0766. The van der Waals surface area contributed by atoms with Crippen LogP contribution >= 0.6 is 15.9 Å². The molecule has 0 bridgehead atoms. The van der Waals surface area contributed by atoms with Crippen molar-refractivity contribution in [3.05, 3.63) is 88.4 Å². The summed E-state index contributed by atoms with van der Waals surface area (Å²) in [5.74, 6) is -1.28. The largest absolute Gasteiger partial charge is 0.507 e. The van der Waals surface area contributed by atoms with Gasteiger partial charge in [-0.15, -0.1) is 0 Å². The second-order valence-electron chi connectivity index (χ2n) is 6.48. The fourth-order valence-electron chi connectivity index (χ4n) is 2.96. The molecule has 0 aromatic heterocycles. The minimum atomic E-state index is -0.881. The van der Waals surface area contributed by atoms with Crippen LogP contribution in [0.5, 0.6) is 5.75 Å². The van der Waals surface area contributed by atoms with E-state index in [1.807, 2.05) is 54.6 Å². The molecule has 1 amide bonds. The van der Waals surface area contributed by atoms with Crippen LogP contribution < -0.4 is 5.32 Å². The molecule has 0 saturated heterocycles. The molecule has 6 heteroatoms. The number of phenols is 1. The first-order valence-electron chi connectivity index (χ1n) is 8.99. The molecular weight excluding hydrogens is 434 g/mol. The van der Waals surface area contributed by atoms with Crippen LogP contribution in [0.15, 0.2) is 77.3 Å². The van der Waals surface area contributed by atoms with Gasteiger partial charge in [-0.2, -0.15) is 0 Å². The summed E-state index contributed by atoms with van der Waals surface area (Å²) in [7, 11) is 1.27. The Morgan fingerprint density at radius 2 is 1.66 bits per heavy atom. The number of carbonyl (C=O) groups is 2. The molecule has 3 aromatic carbocycles. The number of methoxy groups -OCH3 is 1. The molecule has 2 N–H and O–H groups in total. The van der Waals surface area contributed by atoms with Crippen LogP contribution in [0.2, 0.25) is 0 Å². The molecule has 29 heavy (non-hydrogen) atoms. The third-order valence-electron chi connectivity index (χ3n) is 4.50. The number of amides is 1. The third kappa shape index (κ3) is 5.23. The number of benzene rings is 3. The molecule has 1 unspecified atom stereocenters. The molecule has 0 spiro atoms. The van der Waals surface area contributed by atoms with E-state index < -0.39 is 17.9 Å². The lowest BCUT2D eigenvalue weighted by molar-refractivity contribution is -0.142. The maximum absolute atomic E-state index is 12.6. The van der Waals surface area contributed by atoms with Gasteiger partial charge in [0.25, 0.3) is 5.91 Å². The Balaban J connectivity index is 1.76. The molecule has 0 aliphatic heterocycles. The molecule has 148 valence electrons. The van der Waals surface area contributed by atoms with Crippen LogP contribution in [0, 0.1) is 0 Å². The summed E-state index contributed by atoms with van der Waals surface area (Å²) in [6, 6.07) is 21.4. The van der Waals surface area contributed by atoms with Gasteiger partial charge in [-0.25, -0.2) is 4.79 Å². The number of hydrogen-bond acceptors (Lipinski definition) is 4. The van der Waals surface area contributed by atoms with Crippen LogP contribution in [0.3, 0.4) is 0 Å². The van der Waals surface area contributed by atoms with Gasteiger partial charge in [-0.3, -0.25) is 4.79 Å². The first-order valence-corrected chi connectivity index (χ1v) is 9.79. The highest BCUT2D eigenvalue weighted by Crippen LogP contribution is 2.23. The maximum atomic E-state index is 12.6. The van der Waals surface area contributed by atoms with E-state index in [1.165, 1.54) is 19.2 Å². The molecule has 0 heterocycles. The number of aromatic hydroxyl groups is 1. The number of hydrogen-bond donors (Lipinski definition) is 2. The second-order valence-corrected chi connectivity index (χ2v) is 7.39.